The molecule has 0 aliphatic carbocycles. The first-order chi connectivity index (χ1) is 11.1. The summed E-state index contributed by atoms with van der Waals surface area (Å²) in [7, 11) is 0. The third-order valence-electron chi connectivity index (χ3n) is 4.02. The van der Waals surface area contributed by atoms with E-state index in [1.807, 2.05) is 30.3 Å². The molecule has 2 aromatic carbocycles. The number of pyridine rings is 2. The minimum absolute atomic E-state index is 0.705. The highest BCUT2D eigenvalue weighted by atomic mass is 35.5. The highest BCUT2D eigenvalue weighted by Crippen LogP contribution is 2.32. The van der Waals surface area contributed by atoms with Gasteiger partial charge in [0, 0.05) is 22.5 Å². The highest BCUT2D eigenvalue weighted by Gasteiger charge is 2.10. The zero-order valence-corrected chi connectivity index (χ0v) is 13.7. The molecule has 0 saturated heterocycles. The number of hydrogen-bond donors (Lipinski definition) is 0. The molecule has 112 valence electrons. The molecule has 0 radical (unpaired) electrons. The van der Waals surface area contributed by atoms with Crippen molar-refractivity contribution in [1.82, 2.24) is 9.97 Å². The summed E-state index contributed by atoms with van der Waals surface area (Å²) in [5.74, 6) is 0. The average molecular weight is 319 g/mol. The standard InChI is InChI=1S/C20H15ClN2/c1-12-8-13(2)10-15(9-12)18-11-17(21)16-6-5-14-4-3-7-22-19(14)20(16)23-18/h3-11H,1-2H3. The van der Waals surface area contributed by atoms with E-state index in [-0.39, 0.29) is 0 Å². The Labute approximate surface area is 139 Å². The number of benzene rings is 2. The molecule has 23 heavy (non-hydrogen) atoms. The van der Waals surface area contributed by atoms with E-state index in [0.29, 0.717) is 5.02 Å². The Morgan fingerprint density at radius 1 is 0.870 bits per heavy atom. The first kappa shape index (κ1) is 14.2. The highest BCUT2D eigenvalue weighted by molar-refractivity contribution is 6.36. The van der Waals surface area contributed by atoms with Gasteiger partial charge in [-0.2, -0.15) is 0 Å². The number of aromatic nitrogens is 2. The van der Waals surface area contributed by atoms with Crippen molar-refractivity contribution in [2.45, 2.75) is 13.8 Å². The third-order valence-corrected chi connectivity index (χ3v) is 4.33. The summed E-state index contributed by atoms with van der Waals surface area (Å²) in [5.41, 5.74) is 6.14. The number of aryl methyl sites for hydroxylation is 2. The molecular formula is C20H15ClN2. The van der Waals surface area contributed by atoms with Crippen LogP contribution in [0.5, 0.6) is 0 Å². The zero-order valence-electron chi connectivity index (χ0n) is 13.0. The fraction of sp³-hybridized carbons (Fsp3) is 0.100. The second-order valence-corrected chi connectivity index (χ2v) is 6.31. The van der Waals surface area contributed by atoms with Crippen molar-refractivity contribution in [2.24, 2.45) is 0 Å². The van der Waals surface area contributed by atoms with Gasteiger partial charge in [0.25, 0.3) is 0 Å². The van der Waals surface area contributed by atoms with Gasteiger partial charge in [0.15, 0.2) is 0 Å². The fourth-order valence-electron chi connectivity index (χ4n) is 3.06. The lowest BCUT2D eigenvalue weighted by Gasteiger charge is -2.09. The molecule has 2 nitrogen and oxygen atoms in total. The SMILES string of the molecule is Cc1cc(C)cc(-c2cc(Cl)c3ccc4cccnc4c3n2)c1. The van der Waals surface area contributed by atoms with Gasteiger partial charge in [-0.15, -0.1) is 0 Å². The molecule has 0 aliphatic rings. The van der Waals surface area contributed by atoms with Crippen molar-refractivity contribution in [3.8, 4) is 11.3 Å². The minimum Gasteiger partial charge on any atom is -0.254 e. The van der Waals surface area contributed by atoms with Gasteiger partial charge in [0.05, 0.1) is 21.7 Å². The Bertz CT molecular complexity index is 1030. The summed E-state index contributed by atoms with van der Waals surface area (Å²) in [4.78, 5) is 9.37. The van der Waals surface area contributed by atoms with Crippen LogP contribution in [0.15, 0.2) is 54.7 Å². The van der Waals surface area contributed by atoms with Gasteiger partial charge in [-0.05, 0) is 38.1 Å². The predicted molar refractivity (Wildman–Crippen MR) is 97.0 cm³/mol. The van der Waals surface area contributed by atoms with Crippen molar-refractivity contribution in [3.05, 3.63) is 70.9 Å². The molecule has 0 amide bonds. The molecule has 2 aromatic heterocycles. The maximum atomic E-state index is 6.52. The zero-order chi connectivity index (χ0) is 16.0. The van der Waals surface area contributed by atoms with Crippen LogP contribution in [0, 0.1) is 13.8 Å². The lowest BCUT2D eigenvalue weighted by molar-refractivity contribution is 1.34. The lowest BCUT2D eigenvalue weighted by Crippen LogP contribution is -1.91. The van der Waals surface area contributed by atoms with Gasteiger partial charge >= 0.3 is 0 Å². The normalized spacial score (nSPS) is 11.3. The minimum atomic E-state index is 0.705. The van der Waals surface area contributed by atoms with Crippen molar-refractivity contribution in [1.29, 1.82) is 0 Å². The Kier molecular flexibility index (Phi) is 3.28. The van der Waals surface area contributed by atoms with Crippen LogP contribution >= 0.6 is 11.6 Å². The molecular weight excluding hydrogens is 304 g/mol. The molecule has 0 unspecified atom stereocenters. The summed E-state index contributed by atoms with van der Waals surface area (Å²) in [5, 5.41) is 2.71. The van der Waals surface area contributed by atoms with Gasteiger partial charge in [0.1, 0.15) is 0 Å². The van der Waals surface area contributed by atoms with E-state index < -0.39 is 0 Å². The van der Waals surface area contributed by atoms with E-state index >= 15 is 0 Å². The molecule has 2 heterocycles. The number of fused-ring (bicyclic) bond motifs is 3. The summed E-state index contributed by atoms with van der Waals surface area (Å²) < 4.78 is 0. The Hall–Kier alpha value is -2.45. The van der Waals surface area contributed by atoms with Crippen LogP contribution in [0.1, 0.15) is 11.1 Å². The quantitative estimate of drug-likeness (QED) is 0.419. The summed E-state index contributed by atoms with van der Waals surface area (Å²) in [6, 6.07) is 16.4. The summed E-state index contributed by atoms with van der Waals surface area (Å²) in [6.07, 6.45) is 1.79. The van der Waals surface area contributed by atoms with E-state index in [1.165, 1.54) is 11.1 Å². The van der Waals surface area contributed by atoms with Gasteiger partial charge in [-0.25, -0.2) is 4.98 Å². The largest absolute Gasteiger partial charge is 0.254 e. The molecule has 0 atom stereocenters. The van der Waals surface area contributed by atoms with Gasteiger partial charge in [0.2, 0.25) is 0 Å². The van der Waals surface area contributed by atoms with Gasteiger partial charge in [-0.1, -0.05) is 47.0 Å². The maximum absolute atomic E-state index is 6.52. The maximum Gasteiger partial charge on any atom is 0.0987 e. The van der Waals surface area contributed by atoms with E-state index in [9.17, 15) is 0 Å². The average Bonchev–Trinajstić information content (AvgIpc) is 2.53. The molecule has 4 aromatic rings. The molecule has 4 rings (SSSR count). The molecule has 3 heteroatoms. The molecule has 0 N–H and O–H groups in total. The van der Waals surface area contributed by atoms with E-state index in [0.717, 1.165) is 33.1 Å². The monoisotopic (exact) mass is 318 g/mol. The molecule has 0 saturated carbocycles. The van der Waals surface area contributed by atoms with Crippen LogP contribution in [-0.4, -0.2) is 9.97 Å². The number of halogens is 1. The smallest absolute Gasteiger partial charge is 0.0987 e. The van der Waals surface area contributed by atoms with Crippen LogP contribution in [-0.2, 0) is 0 Å². The number of hydrogen-bond acceptors (Lipinski definition) is 2. The third kappa shape index (κ3) is 2.45. The van der Waals surface area contributed by atoms with E-state index in [1.54, 1.807) is 6.20 Å². The topological polar surface area (TPSA) is 25.8 Å². The first-order valence-corrected chi connectivity index (χ1v) is 7.92. The number of nitrogens with zero attached hydrogens (tertiary/aromatic N) is 2. The van der Waals surface area contributed by atoms with Gasteiger partial charge in [-0.3, -0.25) is 4.98 Å². The van der Waals surface area contributed by atoms with Crippen LogP contribution in [0.2, 0.25) is 5.02 Å². The molecule has 0 bridgehead atoms. The van der Waals surface area contributed by atoms with E-state index in [2.05, 4.69) is 37.0 Å². The molecule has 0 aliphatic heterocycles. The Morgan fingerprint density at radius 2 is 1.65 bits per heavy atom. The second-order valence-electron chi connectivity index (χ2n) is 5.90. The van der Waals surface area contributed by atoms with Crippen molar-refractivity contribution >= 4 is 33.4 Å². The summed E-state index contributed by atoms with van der Waals surface area (Å²) in [6.45, 7) is 4.19. The van der Waals surface area contributed by atoms with Crippen LogP contribution in [0.4, 0.5) is 0 Å². The molecule has 0 fully saturated rings. The predicted octanol–water partition coefficient (Wildman–Crippen LogP) is 5.72. The first-order valence-electron chi connectivity index (χ1n) is 7.54. The number of rotatable bonds is 1. The van der Waals surface area contributed by atoms with Gasteiger partial charge < -0.3 is 0 Å². The Morgan fingerprint density at radius 3 is 2.43 bits per heavy atom. The van der Waals surface area contributed by atoms with Crippen LogP contribution < -0.4 is 0 Å². The lowest BCUT2D eigenvalue weighted by atomic mass is 10.0. The van der Waals surface area contributed by atoms with Crippen molar-refractivity contribution in [2.75, 3.05) is 0 Å². The van der Waals surface area contributed by atoms with E-state index in [4.69, 9.17) is 16.6 Å². The second kappa shape index (κ2) is 5.32. The van der Waals surface area contributed by atoms with Crippen LogP contribution in [0.25, 0.3) is 33.1 Å². The van der Waals surface area contributed by atoms with Crippen LogP contribution in [0.3, 0.4) is 0 Å². The summed E-state index contributed by atoms with van der Waals surface area (Å²) >= 11 is 6.52. The van der Waals surface area contributed by atoms with Crippen molar-refractivity contribution < 1.29 is 0 Å². The fourth-order valence-corrected chi connectivity index (χ4v) is 3.31. The molecule has 0 spiro atoms. The Balaban J connectivity index is 2.07. The van der Waals surface area contributed by atoms with Crippen molar-refractivity contribution in [3.63, 3.8) is 0 Å².